The summed E-state index contributed by atoms with van der Waals surface area (Å²) >= 11 is 3.41. The monoisotopic (exact) mass is 328 g/mol. The topological polar surface area (TPSA) is 41.6 Å². The largest absolute Gasteiger partial charge is 0.443 e. The summed E-state index contributed by atoms with van der Waals surface area (Å²) in [5, 5.41) is 3.04. The first-order chi connectivity index (χ1) is 8.83. The zero-order chi connectivity index (χ0) is 14.5. The molecule has 0 fully saturated rings. The van der Waals surface area contributed by atoms with Crippen LogP contribution in [0.25, 0.3) is 0 Å². The Morgan fingerprint density at radius 3 is 2.63 bits per heavy atom. The van der Waals surface area contributed by atoms with Gasteiger partial charge in [0.2, 0.25) is 0 Å². The van der Waals surface area contributed by atoms with Crippen LogP contribution in [-0.2, 0) is 4.74 Å². The van der Waals surface area contributed by atoms with Gasteiger partial charge in [-0.1, -0.05) is 22.0 Å². The van der Waals surface area contributed by atoms with Crippen LogP contribution in [0.15, 0.2) is 28.7 Å². The van der Waals surface area contributed by atoms with E-state index in [-0.39, 0.29) is 6.09 Å². The highest BCUT2D eigenvalue weighted by Gasteiger charge is 2.23. The maximum Gasteiger partial charge on any atom is 0.414 e. The fourth-order valence-electron chi connectivity index (χ4n) is 1.51. The molecule has 1 aromatic carbocycles. The summed E-state index contributed by atoms with van der Waals surface area (Å²) in [6.07, 6.45) is -0.333. The lowest BCUT2D eigenvalue weighted by Gasteiger charge is -2.27. The smallest absolute Gasteiger partial charge is 0.414 e. The van der Waals surface area contributed by atoms with Crippen molar-refractivity contribution < 1.29 is 9.53 Å². The van der Waals surface area contributed by atoms with E-state index in [2.05, 4.69) is 21.2 Å². The SMILES string of the molecule is CNCCN(C(=O)OC(C)(C)C)c1cccc(Br)c1. The average molecular weight is 329 g/mol. The number of benzene rings is 1. The van der Waals surface area contributed by atoms with Crippen LogP contribution in [0.3, 0.4) is 0 Å². The van der Waals surface area contributed by atoms with E-state index in [9.17, 15) is 4.79 Å². The number of carbonyl (C=O) groups is 1. The molecule has 0 aromatic heterocycles. The highest BCUT2D eigenvalue weighted by atomic mass is 79.9. The Bertz CT molecular complexity index is 430. The quantitative estimate of drug-likeness (QED) is 0.920. The molecule has 0 saturated carbocycles. The third kappa shape index (κ3) is 5.61. The summed E-state index contributed by atoms with van der Waals surface area (Å²) in [5.74, 6) is 0. The number of halogens is 1. The Morgan fingerprint density at radius 2 is 2.11 bits per heavy atom. The van der Waals surface area contributed by atoms with Crippen molar-refractivity contribution in [3.05, 3.63) is 28.7 Å². The normalized spacial score (nSPS) is 11.2. The molecule has 0 aliphatic rings. The van der Waals surface area contributed by atoms with Crippen LogP contribution in [0.1, 0.15) is 20.8 Å². The maximum absolute atomic E-state index is 12.2. The van der Waals surface area contributed by atoms with Crippen molar-refractivity contribution in [2.75, 3.05) is 25.0 Å². The molecule has 1 rings (SSSR count). The van der Waals surface area contributed by atoms with Gasteiger partial charge in [-0.25, -0.2) is 4.79 Å². The number of nitrogens with one attached hydrogen (secondary N) is 1. The molecule has 19 heavy (non-hydrogen) atoms. The van der Waals surface area contributed by atoms with E-state index >= 15 is 0 Å². The van der Waals surface area contributed by atoms with Crippen molar-refractivity contribution in [2.24, 2.45) is 0 Å². The molecule has 1 N–H and O–H groups in total. The lowest BCUT2D eigenvalue weighted by Crippen LogP contribution is -2.40. The van der Waals surface area contributed by atoms with Gasteiger partial charge in [-0.2, -0.15) is 0 Å². The van der Waals surface area contributed by atoms with Gasteiger partial charge in [0.05, 0.1) is 0 Å². The zero-order valence-corrected chi connectivity index (χ0v) is 13.5. The molecule has 5 heteroatoms. The Kier molecular flexibility index (Phi) is 5.82. The molecule has 0 saturated heterocycles. The molecule has 0 aliphatic carbocycles. The van der Waals surface area contributed by atoms with Crippen LogP contribution in [0.5, 0.6) is 0 Å². The van der Waals surface area contributed by atoms with E-state index in [4.69, 9.17) is 4.74 Å². The molecule has 0 unspecified atom stereocenters. The zero-order valence-electron chi connectivity index (χ0n) is 11.9. The van der Waals surface area contributed by atoms with E-state index in [1.165, 1.54) is 0 Å². The second-order valence-corrected chi connectivity index (χ2v) is 6.13. The maximum atomic E-state index is 12.2. The van der Waals surface area contributed by atoms with Gasteiger partial charge in [-0.15, -0.1) is 0 Å². The lowest BCUT2D eigenvalue weighted by molar-refractivity contribution is 0.0581. The number of carbonyl (C=O) groups excluding carboxylic acids is 1. The first kappa shape index (κ1) is 16.0. The van der Waals surface area contributed by atoms with Gasteiger partial charge in [0, 0.05) is 23.2 Å². The number of anilines is 1. The molecule has 0 bridgehead atoms. The fraction of sp³-hybridized carbons (Fsp3) is 0.500. The van der Waals surface area contributed by atoms with E-state index in [1.54, 1.807) is 4.90 Å². The van der Waals surface area contributed by atoms with Crippen LogP contribution in [0, 0.1) is 0 Å². The Hall–Kier alpha value is -1.07. The molecule has 106 valence electrons. The predicted octanol–water partition coefficient (Wildman–Crippen LogP) is 3.41. The summed E-state index contributed by atoms with van der Waals surface area (Å²) < 4.78 is 6.37. The molecule has 0 spiro atoms. The number of nitrogens with zero attached hydrogens (tertiary/aromatic N) is 1. The van der Waals surface area contributed by atoms with Crippen molar-refractivity contribution in [1.82, 2.24) is 5.32 Å². The number of ether oxygens (including phenoxy) is 1. The first-order valence-corrected chi connectivity index (χ1v) is 7.03. The van der Waals surface area contributed by atoms with Crippen molar-refractivity contribution in [1.29, 1.82) is 0 Å². The Morgan fingerprint density at radius 1 is 1.42 bits per heavy atom. The van der Waals surface area contributed by atoms with E-state index < -0.39 is 5.60 Å². The Balaban J connectivity index is 2.91. The van der Waals surface area contributed by atoms with E-state index in [0.717, 1.165) is 10.2 Å². The standard InChI is InChI=1S/C14H21BrN2O2/c1-14(2,3)19-13(18)17(9-8-16-4)12-7-5-6-11(15)10-12/h5-7,10,16H,8-9H2,1-4H3. The summed E-state index contributed by atoms with van der Waals surface area (Å²) in [6.45, 7) is 6.85. The molecule has 4 nitrogen and oxygen atoms in total. The number of hydrogen-bond donors (Lipinski definition) is 1. The van der Waals surface area contributed by atoms with Crippen LogP contribution < -0.4 is 10.2 Å². The third-order valence-electron chi connectivity index (χ3n) is 2.32. The third-order valence-corrected chi connectivity index (χ3v) is 2.81. The second-order valence-electron chi connectivity index (χ2n) is 5.22. The second kappa shape index (κ2) is 6.91. The molecule has 0 aliphatic heterocycles. The highest BCUT2D eigenvalue weighted by Crippen LogP contribution is 2.21. The summed E-state index contributed by atoms with van der Waals surface area (Å²) in [6, 6.07) is 7.62. The molecule has 0 heterocycles. The molecule has 1 amide bonds. The van der Waals surface area contributed by atoms with Crippen molar-refractivity contribution in [3.8, 4) is 0 Å². The van der Waals surface area contributed by atoms with Crippen LogP contribution in [0.4, 0.5) is 10.5 Å². The average Bonchev–Trinajstić information content (AvgIpc) is 2.27. The minimum atomic E-state index is -0.499. The molecular formula is C14H21BrN2O2. The minimum absolute atomic E-state index is 0.333. The molecular weight excluding hydrogens is 308 g/mol. The van der Waals surface area contributed by atoms with Gasteiger partial charge in [-0.3, -0.25) is 4.90 Å². The summed E-state index contributed by atoms with van der Waals surface area (Å²) in [4.78, 5) is 13.9. The van der Waals surface area contributed by atoms with Gasteiger partial charge in [-0.05, 0) is 46.0 Å². The van der Waals surface area contributed by atoms with Gasteiger partial charge in [0.15, 0.2) is 0 Å². The number of likely N-dealkylation sites (N-methyl/N-ethyl adjacent to an activating group) is 1. The number of amides is 1. The van der Waals surface area contributed by atoms with Crippen molar-refractivity contribution in [2.45, 2.75) is 26.4 Å². The van der Waals surface area contributed by atoms with Crippen LogP contribution in [0.2, 0.25) is 0 Å². The van der Waals surface area contributed by atoms with Gasteiger partial charge in [0.25, 0.3) is 0 Å². The van der Waals surface area contributed by atoms with Gasteiger partial charge in [0.1, 0.15) is 5.60 Å². The highest BCUT2D eigenvalue weighted by molar-refractivity contribution is 9.10. The predicted molar refractivity (Wildman–Crippen MR) is 81.6 cm³/mol. The van der Waals surface area contributed by atoms with Gasteiger partial charge >= 0.3 is 6.09 Å². The summed E-state index contributed by atoms with van der Waals surface area (Å²) in [5.41, 5.74) is 0.319. The van der Waals surface area contributed by atoms with Crippen LogP contribution >= 0.6 is 15.9 Å². The number of hydrogen-bond acceptors (Lipinski definition) is 3. The molecule has 1 aromatic rings. The minimum Gasteiger partial charge on any atom is -0.443 e. The van der Waals surface area contributed by atoms with Gasteiger partial charge < -0.3 is 10.1 Å². The molecule has 0 atom stereocenters. The fourth-order valence-corrected chi connectivity index (χ4v) is 1.90. The summed E-state index contributed by atoms with van der Waals surface area (Å²) in [7, 11) is 1.86. The lowest BCUT2D eigenvalue weighted by atomic mass is 10.2. The Labute approximate surface area is 123 Å². The van der Waals surface area contributed by atoms with Crippen LogP contribution in [-0.4, -0.2) is 31.8 Å². The molecule has 0 radical (unpaired) electrons. The van der Waals surface area contributed by atoms with Crippen molar-refractivity contribution >= 4 is 27.7 Å². The number of rotatable bonds is 4. The van der Waals surface area contributed by atoms with E-state index in [0.29, 0.717) is 13.1 Å². The van der Waals surface area contributed by atoms with Crippen molar-refractivity contribution in [3.63, 3.8) is 0 Å². The first-order valence-electron chi connectivity index (χ1n) is 6.24. The van der Waals surface area contributed by atoms with E-state index in [1.807, 2.05) is 52.1 Å².